The van der Waals surface area contributed by atoms with Crippen molar-refractivity contribution < 1.29 is 24.4 Å². The van der Waals surface area contributed by atoms with Crippen molar-refractivity contribution in [1.82, 2.24) is 4.98 Å². The first-order chi connectivity index (χ1) is 16.8. The van der Waals surface area contributed by atoms with Gasteiger partial charge in [-0.3, -0.25) is 24.6 Å². The number of nitro benzene ring substituents is 1. The molecule has 1 aliphatic rings. The van der Waals surface area contributed by atoms with Crippen LogP contribution in [0.2, 0.25) is 0 Å². The minimum atomic E-state index is -0.911. The number of halogens is 1. The molecule has 5 rings (SSSR count). The van der Waals surface area contributed by atoms with E-state index in [9.17, 15) is 24.8 Å². The first-order valence-electron chi connectivity index (χ1n) is 10.0. The van der Waals surface area contributed by atoms with Crippen molar-refractivity contribution in [2.75, 3.05) is 12.0 Å². The Morgan fingerprint density at radius 1 is 1.23 bits per heavy atom. The van der Waals surface area contributed by atoms with Gasteiger partial charge in [0.05, 0.1) is 32.3 Å². The zero-order valence-electron chi connectivity index (χ0n) is 17.8. The van der Waals surface area contributed by atoms with Gasteiger partial charge in [0.25, 0.3) is 11.5 Å². The lowest BCUT2D eigenvalue weighted by molar-refractivity contribution is -0.384. The normalized spacial score (nSPS) is 17.3. The van der Waals surface area contributed by atoms with E-state index in [1.165, 1.54) is 41.5 Å². The molecule has 1 saturated heterocycles. The van der Waals surface area contributed by atoms with E-state index in [2.05, 4.69) is 20.9 Å². The molecule has 12 heteroatoms. The third-order valence-electron chi connectivity index (χ3n) is 5.46. The van der Waals surface area contributed by atoms with E-state index in [0.717, 1.165) is 11.3 Å². The Labute approximate surface area is 214 Å². The number of anilines is 1. The summed E-state index contributed by atoms with van der Waals surface area (Å²) in [5.74, 6) is -1.48. The highest BCUT2D eigenvalue weighted by Gasteiger charge is 2.48. The van der Waals surface area contributed by atoms with Crippen molar-refractivity contribution in [2.45, 2.75) is 6.04 Å². The molecule has 2 aromatic carbocycles. The molecule has 3 heterocycles. The molecule has 1 aliphatic heterocycles. The zero-order valence-corrected chi connectivity index (χ0v) is 21.0. The van der Waals surface area contributed by atoms with Crippen molar-refractivity contribution >= 4 is 77.1 Å². The number of aliphatic hydroxyl groups excluding tert-OH is 1. The number of carbonyl (C=O) groups is 2. The van der Waals surface area contributed by atoms with Crippen LogP contribution in [0.25, 0.3) is 16.0 Å². The molecule has 35 heavy (non-hydrogen) atoms. The van der Waals surface area contributed by atoms with Crippen LogP contribution in [0.15, 0.2) is 64.0 Å². The second kappa shape index (κ2) is 8.87. The number of amides is 1. The van der Waals surface area contributed by atoms with Gasteiger partial charge in [-0.2, -0.15) is 0 Å². The van der Waals surface area contributed by atoms with Crippen molar-refractivity contribution in [2.24, 2.45) is 0 Å². The van der Waals surface area contributed by atoms with Gasteiger partial charge in [0.1, 0.15) is 17.6 Å². The molecule has 0 saturated carbocycles. The van der Waals surface area contributed by atoms with Gasteiger partial charge in [0.2, 0.25) is 0 Å². The average Bonchev–Trinajstić information content (AvgIpc) is 3.56. The minimum absolute atomic E-state index is 0.0697. The number of nitro groups is 1. The number of thiophene rings is 1. The third-order valence-corrected chi connectivity index (χ3v) is 8.02. The topological polar surface area (TPSA) is 123 Å². The number of fused-ring (bicyclic) bond motifs is 1. The quantitative estimate of drug-likeness (QED) is 0.108. The van der Waals surface area contributed by atoms with E-state index in [1.807, 2.05) is 0 Å². The van der Waals surface area contributed by atoms with Gasteiger partial charge >= 0.3 is 5.91 Å². The van der Waals surface area contributed by atoms with Gasteiger partial charge in [0, 0.05) is 22.6 Å². The number of hydrogen-bond donors (Lipinski definition) is 1. The van der Waals surface area contributed by atoms with Gasteiger partial charge in [-0.05, 0) is 51.6 Å². The summed E-state index contributed by atoms with van der Waals surface area (Å²) in [5.41, 5.74) is 0.619. The van der Waals surface area contributed by atoms with Crippen LogP contribution in [0, 0.1) is 10.1 Å². The number of aromatic nitrogens is 1. The molecule has 0 aliphatic carbocycles. The summed E-state index contributed by atoms with van der Waals surface area (Å²) in [6.07, 6.45) is 0. The highest BCUT2D eigenvalue weighted by atomic mass is 79.9. The summed E-state index contributed by atoms with van der Waals surface area (Å²) in [5, 5.41) is 24.4. The number of non-ortho nitro benzene ring substituents is 1. The Morgan fingerprint density at radius 3 is 2.69 bits per heavy atom. The van der Waals surface area contributed by atoms with Gasteiger partial charge in [-0.15, -0.1) is 11.3 Å². The molecule has 9 nitrogen and oxygen atoms in total. The number of hydrogen-bond acceptors (Lipinski definition) is 9. The van der Waals surface area contributed by atoms with Crippen molar-refractivity contribution in [3.63, 3.8) is 0 Å². The number of nitrogens with zero attached hydrogens (tertiary/aromatic N) is 3. The molecule has 1 unspecified atom stereocenters. The highest BCUT2D eigenvalue weighted by molar-refractivity contribution is 9.10. The molecule has 176 valence electrons. The van der Waals surface area contributed by atoms with E-state index in [1.54, 1.807) is 35.7 Å². The van der Waals surface area contributed by atoms with Crippen LogP contribution in [0.4, 0.5) is 10.8 Å². The van der Waals surface area contributed by atoms with Crippen LogP contribution in [-0.2, 0) is 9.59 Å². The smallest absolute Gasteiger partial charge is 0.301 e. The minimum Gasteiger partial charge on any atom is -0.507 e. The maximum absolute atomic E-state index is 13.2. The number of aliphatic hydroxyl groups is 1. The second-order valence-corrected chi connectivity index (χ2v) is 10.3. The number of Topliss-reactive ketones (excluding diaryl/α,β-unsaturated/α-hetero) is 1. The molecule has 1 atom stereocenters. The van der Waals surface area contributed by atoms with E-state index in [4.69, 9.17) is 4.74 Å². The summed E-state index contributed by atoms with van der Waals surface area (Å²) in [4.78, 5) is 43.5. The number of thiazole rings is 1. The van der Waals surface area contributed by atoms with Crippen molar-refractivity contribution in [3.8, 4) is 5.75 Å². The van der Waals surface area contributed by atoms with Crippen molar-refractivity contribution in [1.29, 1.82) is 0 Å². The SMILES string of the molecule is COc1ccc(/C(O)=C2\C(=O)C(=O)N(c3nc4ccc([N+](=O)[O-])cc4s3)C2c2cccs2)cc1Br. The number of ether oxygens (including phenoxy) is 1. The Kier molecular flexibility index (Phi) is 5.87. The lowest BCUT2D eigenvalue weighted by Gasteiger charge is -2.21. The Morgan fingerprint density at radius 2 is 2.03 bits per heavy atom. The van der Waals surface area contributed by atoms with Gasteiger partial charge in [-0.1, -0.05) is 17.4 Å². The molecular formula is C23H14BrN3O6S2. The van der Waals surface area contributed by atoms with Crippen molar-refractivity contribution in [3.05, 3.63) is 84.5 Å². The summed E-state index contributed by atoms with van der Waals surface area (Å²) in [7, 11) is 1.51. The van der Waals surface area contributed by atoms with Crippen LogP contribution < -0.4 is 9.64 Å². The fourth-order valence-electron chi connectivity index (χ4n) is 3.83. The summed E-state index contributed by atoms with van der Waals surface area (Å²) >= 11 is 5.77. The standard InChI is InChI=1S/C23H14BrN3O6S2/c1-33-15-7-4-11(9-13(15)24)20(28)18-19(16-3-2-8-34-16)26(22(30)21(18)29)23-25-14-6-5-12(27(31)32)10-17(14)35-23/h2-10,19,28H,1H3/b20-18+. The molecule has 1 fully saturated rings. The number of rotatable bonds is 5. The van der Waals surface area contributed by atoms with Crippen LogP contribution in [-0.4, -0.2) is 33.8 Å². The fourth-order valence-corrected chi connectivity index (χ4v) is 6.22. The maximum atomic E-state index is 13.2. The Bertz CT molecular complexity index is 1550. The summed E-state index contributed by atoms with van der Waals surface area (Å²) in [6, 6.07) is 11.7. The van der Waals surface area contributed by atoms with E-state index in [-0.39, 0.29) is 22.2 Å². The Hall–Kier alpha value is -3.61. The molecule has 4 aromatic rings. The lowest BCUT2D eigenvalue weighted by atomic mass is 10.00. The van der Waals surface area contributed by atoms with Crippen LogP contribution in [0.3, 0.4) is 0 Å². The second-order valence-electron chi connectivity index (χ2n) is 7.44. The van der Waals surface area contributed by atoms with E-state index < -0.39 is 22.7 Å². The first kappa shape index (κ1) is 23.1. The van der Waals surface area contributed by atoms with Gasteiger partial charge in [-0.25, -0.2) is 4.98 Å². The van der Waals surface area contributed by atoms with Gasteiger partial charge in [0.15, 0.2) is 5.13 Å². The number of carbonyl (C=O) groups excluding carboxylic acids is 2. The molecule has 0 spiro atoms. The van der Waals surface area contributed by atoms with Crippen LogP contribution in [0.5, 0.6) is 5.75 Å². The fraction of sp³-hybridized carbons (Fsp3) is 0.0870. The molecular weight excluding hydrogens is 558 g/mol. The van der Waals surface area contributed by atoms with E-state index >= 15 is 0 Å². The average molecular weight is 572 g/mol. The highest BCUT2D eigenvalue weighted by Crippen LogP contribution is 2.46. The number of ketones is 1. The molecule has 1 N–H and O–H groups in total. The molecule has 2 aromatic heterocycles. The van der Waals surface area contributed by atoms with Crippen LogP contribution >= 0.6 is 38.6 Å². The molecule has 0 bridgehead atoms. The maximum Gasteiger partial charge on any atom is 0.301 e. The molecule has 1 amide bonds. The predicted octanol–water partition coefficient (Wildman–Crippen LogP) is 5.66. The van der Waals surface area contributed by atoms with Gasteiger partial charge < -0.3 is 9.84 Å². The number of methoxy groups -OCH3 is 1. The summed E-state index contributed by atoms with van der Waals surface area (Å²) in [6.45, 7) is 0. The summed E-state index contributed by atoms with van der Waals surface area (Å²) < 4.78 is 6.30. The molecule has 0 radical (unpaired) electrons. The zero-order chi connectivity index (χ0) is 24.9. The third kappa shape index (κ3) is 3.89. The van der Waals surface area contributed by atoms with Crippen LogP contribution in [0.1, 0.15) is 16.5 Å². The predicted molar refractivity (Wildman–Crippen MR) is 136 cm³/mol. The Balaban J connectivity index is 1.68. The lowest BCUT2D eigenvalue weighted by Crippen LogP contribution is -2.28. The van der Waals surface area contributed by atoms with E-state index in [0.29, 0.717) is 30.9 Å². The largest absolute Gasteiger partial charge is 0.507 e. The first-order valence-corrected chi connectivity index (χ1v) is 12.5. The monoisotopic (exact) mass is 571 g/mol. The number of benzene rings is 2.